The number of carbonyl (C=O) groups excluding carboxylic acids is 1. The van der Waals surface area contributed by atoms with Crippen LogP contribution in [0, 0.1) is 6.92 Å². The first kappa shape index (κ1) is 13.8. The predicted molar refractivity (Wildman–Crippen MR) is 74.5 cm³/mol. The number of hydrogen-bond donors (Lipinski definition) is 1. The molecule has 1 heterocycles. The average Bonchev–Trinajstić information content (AvgIpc) is 2.41. The van der Waals surface area contributed by atoms with Crippen molar-refractivity contribution in [2.24, 2.45) is 0 Å². The largest absolute Gasteiger partial charge is 0.465 e. The summed E-state index contributed by atoms with van der Waals surface area (Å²) < 4.78 is 5.99. The van der Waals surface area contributed by atoms with Gasteiger partial charge in [0.05, 0.1) is 25.4 Å². The van der Waals surface area contributed by atoms with Crippen LogP contribution in [-0.4, -0.2) is 22.9 Å². The van der Waals surface area contributed by atoms with Gasteiger partial charge in [0.15, 0.2) is 0 Å². The fourth-order valence-electron chi connectivity index (χ4n) is 1.91. The van der Waals surface area contributed by atoms with Gasteiger partial charge >= 0.3 is 5.97 Å². The molecule has 0 atom stereocenters. The van der Waals surface area contributed by atoms with Gasteiger partial charge in [0, 0.05) is 11.8 Å². The summed E-state index contributed by atoms with van der Waals surface area (Å²) in [5, 5.41) is 4.04. The summed E-state index contributed by atoms with van der Waals surface area (Å²) in [5.41, 5.74) is 7.53. The van der Waals surface area contributed by atoms with E-state index in [9.17, 15) is 9.59 Å². The fraction of sp³-hybridized carbons (Fsp3) is 0.214. The lowest BCUT2D eigenvalue weighted by molar-refractivity contribution is 0.0600. The Morgan fingerprint density at radius 1 is 1.45 bits per heavy atom. The predicted octanol–water partition coefficient (Wildman–Crippen LogP) is 0.969. The van der Waals surface area contributed by atoms with Crippen LogP contribution in [0.2, 0.25) is 0 Å². The van der Waals surface area contributed by atoms with Gasteiger partial charge in [0.1, 0.15) is 0 Å². The number of aryl methyl sites for hydroxylation is 1. The van der Waals surface area contributed by atoms with E-state index in [1.165, 1.54) is 17.9 Å². The van der Waals surface area contributed by atoms with E-state index in [1.807, 2.05) is 0 Å². The molecule has 0 saturated carbocycles. The molecule has 0 aliphatic carbocycles. The topological polar surface area (TPSA) is 87.2 Å². The quantitative estimate of drug-likeness (QED) is 0.665. The summed E-state index contributed by atoms with van der Waals surface area (Å²) in [6.07, 6.45) is 1.59. The molecule has 0 radical (unpaired) electrons. The number of nitrogen functional groups attached to an aromatic ring is 1. The molecule has 0 amide bonds. The molecule has 2 N–H and O–H groups in total. The first-order valence-corrected chi connectivity index (χ1v) is 6.02. The number of esters is 1. The first-order chi connectivity index (χ1) is 9.52. The highest BCUT2D eigenvalue weighted by molar-refractivity contribution is 5.96. The summed E-state index contributed by atoms with van der Waals surface area (Å²) in [5.74, 6) is -0.529. The SMILES string of the molecule is COC(=O)c1c(N)cccc1Cn1ncc(C)cc1=O. The molecule has 0 spiro atoms. The van der Waals surface area contributed by atoms with Crippen LogP contribution in [0.5, 0.6) is 0 Å². The Hall–Kier alpha value is -2.63. The molecule has 1 aromatic heterocycles. The second kappa shape index (κ2) is 5.56. The fourth-order valence-corrected chi connectivity index (χ4v) is 1.91. The zero-order chi connectivity index (χ0) is 14.7. The van der Waals surface area contributed by atoms with Crippen LogP contribution in [0.25, 0.3) is 0 Å². The molecular weight excluding hydrogens is 258 g/mol. The van der Waals surface area contributed by atoms with E-state index in [0.717, 1.165) is 5.56 Å². The van der Waals surface area contributed by atoms with E-state index < -0.39 is 5.97 Å². The van der Waals surface area contributed by atoms with Gasteiger partial charge in [-0.15, -0.1) is 0 Å². The molecule has 6 heteroatoms. The number of anilines is 1. The van der Waals surface area contributed by atoms with Crippen LogP contribution in [0.1, 0.15) is 21.5 Å². The number of aromatic nitrogens is 2. The molecule has 1 aromatic carbocycles. The molecule has 0 aliphatic rings. The average molecular weight is 273 g/mol. The number of carbonyl (C=O) groups is 1. The first-order valence-electron chi connectivity index (χ1n) is 6.02. The van der Waals surface area contributed by atoms with Gasteiger partial charge in [-0.3, -0.25) is 4.79 Å². The summed E-state index contributed by atoms with van der Waals surface area (Å²) in [6.45, 7) is 1.95. The molecule has 6 nitrogen and oxygen atoms in total. The highest BCUT2D eigenvalue weighted by Gasteiger charge is 2.16. The zero-order valence-corrected chi connectivity index (χ0v) is 11.3. The van der Waals surface area contributed by atoms with E-state index >= 15 is 0 Å². The smallest absolute Gasteiger partial charge is 0.340 e. The third-order valence-electron chi connectivity index (χ3n) is 2.90. The van der Waals surface area contributed by atoms with Crippen molar-refractivity contribution >= 4 is 11.7 Å². The molecular formula is C14H15N3O3. The minimum Gasteiger partial charge on any atom is -0.465 e. The molecule has 20 heavy (non-hydrogen) atoms. The van der Waals surface area contributed by atoms with Gasteiger partial charge in [0.25, 0.3) is 5.56 Å². The maximum Gasteiger partial charge on any atom is 0.340 e. The summed E-state index contributed by atoms with van der Waals surface area (Å²) in [6, 6.07) is 6.53. The third kappa shape index (κ3) is 2.69. The second-order valence-corrected chi connectivity index (χ2v) is 4.40. The van der Waals surface area contributed by atoms with E-state index in [0.29, 0.717) is 11.3 Å². The number of nitrogens with zero attached hydrogens (tertiary/aromatic N) is 2. The van der Waals surface area contributed by atoms with Crippen LogP contribution in [0.4, 0.5) is 5.69 Å². The zero-order valence-electron chi connectivity index (χ0n) is 11.3. The van der Waals surface area contributed by atoms with E-state index in [2.05, 4.69) is 5.10 Å². The van der Waals surface area contributed by atoms with Crippen LogP contribution in [-0.2, 0) is 11.3 Å². The minimum absolute atomic E-state index is 0.161. The van der Waals surface area contributed by atoms with Gasteiger partial charge in [-0.25, -0.2) is 9.48 Å². The summed E-state index contributed by atoms with van der Waals surface area (Å²) in [4.78, 5) is 23.6. The van der Waals surface area contributed by atoms with Gasteiger partial charge in [-0.1, -0.05) is 12.1 Å². The highest BCUT2D eigenvalue weighted by Crippen LogP contribution is 2.18. The van der Waals surface area contributed by atoms with Crippen molar-refractivity contribution in [3.63, 3.8) is 0 Å². The van der Waals surface area contributed by atoms with Crippen molar-refractivity contribution in [2.75, 3.05) is 12.8 Å². The standard InChI is InChI=1S/C14H15N3O3/c1-9-6-12(18)17(16-7-9)8-10-4-3-5-11(15)13(10)14(19)20-2/h3-7H,8,15H2,1-2H3. The summed E-state index contributed by atoms with van der Waals surface area (Å²) >= 11 is 0. The van der Waals surface area contributed by atoms with Gasteiger partial charge in [0.2, 0.25) is 0 Å². The number of benzene rings is 1. The lowest BCUT2D eigenvalue weighted by Gasteiger charge is -2.11. The second-order valence-electron chi connectivity index (χ2n) is 4.40. The van der Waals surface area contributed by atoms with E-state index in [1.54, 1.807) is 31.3 Å². The Morgan fingerprint density at radius 2 is 2.20 bits per heavy atom. The number of methoxy groups -OCH3 is 1. The van der Waals surface area contributed by atoms with Crippen LogP contribution >= 0.6 is 0 Å². The van der Waals surface area contributed by atoms with Crippen molar-refractivity contribution in [1.82, 2.24) is 9.78 Å². The van der Waals surface area contributed by atoms with Gasteiger partial charge in [-0.05, 0) is 24.1 Å². The molecule has 0 fully saturated rings. The molecule has 0 saturated heterocycles. The lowest BCUT2D eigenvalue weighted by atomic mass is 10.1. The Labute approximate surface area is 115 Å². The monoisotopic (exact) mass is 273 g/mol. The van der Waals surface area contributed by atoms with Crippen molar-refractivity contribution in [2.45, 2.75) is 13.5 Å². The molecule has 104 valence electrons. The number of ether oxygens (including phenoxy) is 1. The molecule has 2 aromatic rings. The number of hydrogen-bond acceptors (Lipinski definition) is 5. The Bertz CT molecular complexity index is 707. The molecule has 0 unspecified atom stereocenters. The number of rotatable bonds is 3. The minimum atomic E-state index is -0.529. The lowest BCUT2D eigenvalue weighted by Crippen LogP contribution is -2.24. The van der Waals surface area contributed by atoms with Crippen LogP contribution in [0.15, 0.2) is 35.3 Å². The van der Waals surface area contributed by atoms with E-state index in [-0.39, 0.29) is 17.7 Å². The Kier molecular flexibility index (Phi) is 3.84. The maximum atomic E-state index is 11.8. The van der Waals surface area contributed by atoms with Crippen LogP contribution in [0.3, 0.4) is 0 Å². The van der Waals surface area contributed by atoms with Gasteiger partial charge in [-0.2, -0.15) is 5.10 Å². The van der Waals surface area contributed by atoms with Crippen molar-refractivity contribution < 1.29 is 9.53 Å². The molecule has 0 bridgehead atoms. The molecule has 0 aliphatic heterocycles. The Balaban J connectivity index is 2.46. The third-order valence-corrected chi connectivity index (χ3v) is 2.90. The van der Waals surface area contributed by atoms with Crippen LogP contribution < -0.4 is 11.3 Å². The van der Waals surface area contributed by atoms with Crippen molar-refractivity contribution in [3.05, 3.63) is 57.5 Å². The normalized spacial score (nSPS) is 10.3. The van der Waals surface area contributed by atoms with Gasteiger partial charge < -0.3 is 10.5 Å². The maximum absolute atomic E-state index is 11.8. The highest BCUT2D eigenvalue weighted by atomic mass is 16.5. The summed E-state index contributed by atoms with van der Waals surface area (Å²) in [7, 11) is 1.29. The van der Waals surface area contributed by atoms with Crippen molar-refractivity contribution in [1.29, 1.82) is 0 Å². The Morgan fingerprint density at radius 3 is 2.85 bits per heavy atom. The number of nitrogens with two attached hydrogens (primary N) is 1. The van der Waals surface area contributed by atoms with E-state index in [4.69, 9.17) is 10.5 Å². The van der Waals surface area contributed by atoms with Crippen molar-refractivity contribution in [3.8, 4) is 0 Å². The molecule has 2 rings (SSSR count).